The molecule has 0 rings (SSSR count). The Morgan fingerprint density at radius 1 is 1.30 bits per heavy atom. The smallest absolute Gasteiger partial charge is 0.0273 e. The van der Waals surface area contributed by atoms with E-state index in [1.54, 1.807) is 0 Å². The highest BCUT2D eigenvalue weighted by Crippen LogP contribution is 1.97. The van der Waals surface area contributed by atoms with Crippen LogP contribution >= 0.6 is 0 Å². The molecule has 0 atom stereocenters. The van der Waals surface area contributed by atoms with E-state index in [2.05, 4.69) is 0 Å². The Kier molecular flexibility index (Phi) is 4.38. The lowest BCUT2D eigenvalue weighted by Gasteiger charge is -1.91. The van der Waals surface area contributed by atoms with Crippen LogP contribution in [0.4, 0.5) is 0 Å². The predicted molar refractivity (Wildman–Crippen MR) is 46.5 cm³/mol. The highest BCUT2D eigenvalue weighted by molar-refractivity contribution is 5.25. The zero-order chi connectivity index (χ0) is 7.98. The van der Waals surface area contributed by atoms with Crippen molar-refractivity contribution in [3.8, 4) is 0 Å². The van der Waals surface area contributed by atoms with Crippen LogP contribution in [0.1, 0.15) is 20.8 Å². The highest BCUT2D eigenvalue weighted by Gasteiger charge is 1.81. The molecule has 0 bridgehead atoms. The Balaban J connectivity index is 4.16. The van der Waals surface area contributed by atoms with Gasteiger partial charge in [0.25, 0.3) is 0 Å². The molecule has 0 aliphatic heterocycles. The molecule has 0 radical (unpaired) electrons. The first kappa shape index (κ1) is 9.02. The monoisotopic (exact) mass is 137 g/mol. The fourth-order valence-corrected chi connectivity index (χ4v) is 0.657. The summed E-state index contributed by atoms with van der Waals surface area (Å²) in [5.41, 5.74) is 7.55. The third-order valence-electron chi connectivity index (χ3n) is 1.16. The Labute approximate surface area is 62.9 Å². The van der Waals surface area contributed by atoms with Crippen LogP contribution in [-0.2, 0) is 0 Å². The fourth-order valence-electron chi connectivity index (χ4n) is 0.657. The van der Waals surface area contributed by atoms with Gasteiger partial charge in [0.15, 0.2) is 0 Å². The molecule has 0 saturated carbocycles. The molecule has 0 aromatic heterocycles. The van der Waals surface area contributed by atoms with Gasteiger partial charge in [-0.1, -0.05) is 18.2 Å². The van der Waals surface area contributed by atoms with Crippen molar-refractivity contribution in [2.75, 3.05) is 0 Å². The van der Waals surface area contributed by atoms with Crippen molar-refractivity contribution in [1.82, 2.24) is 0 Å². The Morgan fingerprint density at radius 3 is 2.30 bits per heavy atom. The van der Waals surface area contributed by atoms with Crippen molar-refractivity contribution >= 4 is 0 Å². The van der Waals surface area contributed by atoms with Gasteiger partial charge in [0.1, 0.15) is 0 Å². The van der Waals surface area contributed by atoms with Crippen LogP contribution in [0.15, 0.2) is 35.6 Å². The minimum absolute atomic E-state index is 0.815. The van der Waals surface area contributed by atoms with E-state index in [1.807, 2.05) is 45.1 Å². The summed E-state index contributed by atoms with van der Waals surface area (Å²) in [5, 5.41) is 0. The maximum Gasteiger partial charge on any atom is 0.0273 e. The first-order chi connectivity index (χ1) is 4.70. The molecule has 0 unspecified atom stereocenters. The van der Waals surface area contributed by atoms with Gasteiger partial charge >= 0.3 is 0 Å². The molecule has 0 amide bonds. The van der Waals surface area contributed by atoms with Crippen molar-refractivity contribution in [2.45, 2.75) is 20.8 Å². The minimum atomic E-state index is 0.815. The second-order valence-corrected chi connectivity index (χ2v) is 2.18. The number of allylic oxidation sites excluding steroid dienone is 5. The first-order valence-electron chi connectivity index (χ1n) is 3.43. The van der Waals surface area contributed by atoms with Crippen LogP contribution in [-0.4, -0.2) is 0 Å². The van der Waals surface area contributed by atoms with Gasteiger partial charge in [-0.15, -0.1) is 0 Å². The van der Waals surface area contributed by atoms with Crippen LogP contribution in [0.5, 0.6) is 0 Å². The van der Waals surface area contributed by atoms with Crippen molar-refractivity contribution in [2.24, 2.45) is 5.73 Å². The number of hydrogen-bond acceptors (Lipinski definition) is 1. The molecular weight excluding hydrogens is 122 g/mol. The Bertz CT molecular complexity index is 173. The summed E-state index contributed by atoms with van der Waals surface area (Å²) in [6, 6.07) is 0. The quantitative estimate of drug-likeness (QED) is 0.581. The van der Waals surface area contributed by atoms with E-state index in [-0.39, 0.29) is 0 Å². The molecule has 2 N–H and O–H groups in total. The van der Waals surface area contributed by atoms with Gasteiger partial charge < -0.3 is 5.73 Å². The van der Waals surface area contributed by atoms with E-state index in [4.69, 9.17) is 5.73 Å². The molecule has 0 spiro atoms. The third-order valence-corrected chi connectivity index (χ3v) is 1.16. The maximum absolute atomic E-state index is 5.55. The summed E-state index contributed by atoms with van der Waals surface area (Å²) in [4.78, 5) is 0. The zero-order valence-electron chi connectivity index (χ0n) is 6.89. The Hall–Kier alpha value is -0.980. The standard InChI is InChI=1S/C9H15N/c1-4-6-8(3)7-9(10)5-2/h4-7H,10H2,1-3H3/b6-4-,8-7-,9-5-. The summed E-state index contributed by atoms with van der Waals surface area (Å²) >= 11 is 0. The molecular formula is C9H15N. The van der Waals surface area contributed by atoms with E-state index in [9.17, 15) is 0 Å². The summed E-state index contributed by atoms with van der Waals surface area (Å²) in [6.07, 6.45) is 7.85. The normalized spacial score (nSPS) is 14.7. The van der Waals surface area contributed by atoms with Crippen molar-refractivity contribution < 1.29 is 0 Å². The van der Waals surface area contributed by atoms with E-state index in [1.165, 1.54) is 5.57 Å². The molecule has 0 saturated heterocycles. The predicted octanol–water partition coefficient (Wildman–Crippen LogP) is 2.37. The first-order valence-corrected chi connectivity index (χ1v) is 3.43. The van der Waals surface area contributed by atoms with Crippen LogP contribution in [0.25, 0.3) is 0 Å². The number of rotatable bonds is 2. The van der Waals surface area contributed by atoms with E-state index >= 15 is 0 Å². The van der Waals surface area contributed by atoms with E-state index in [0.29, 0.717) is 0 Å². The van der Waals surface area contributed by atoms with Gasteiger partial charge in [0.05, 0.1) is 0 Å². The maximum atomic E-state index is 5.55. The van der Waals surface area contributed by atoms with E-state index < -0.39 is 0 Å². The van der Waals surface area contributed by atoms with E-state index in [0.717, 1.165) is 5.70 Å². The largest absolute Gasteiger partial charge is 0.399 e. The average Bonchev–Trinajstić information content (AvgIpc) is 1.88. The zero-order valence-corrected chi connectivity index (χ0v) is 6.89. The van der Waals surface area contributed by atoms with Crippen LogP contribution < -0.4 is 5.73 Å². The molecule has 56 valence electrons. The molecule has 10 heavy (non-hydrogen) atoms. The van der Waals surface area contributed by atoms with Gasteiger partial charge in [-0.2, -0.15) is 0 Å². The molecule has 0 aromatic rings. The van der Waals surface area contributed by atoms with Crippen molar-refractivity contribution in [3.63, 3.8) is 0 Å². The molecule has 1 heteroatoms. The molecule has 0 heterocycles. The summed E-state index contributed by atoms with van der Waals surface area (Å²) in [7, 11) is 0. The van der Waals surface area contributed by atoms with Gasteiger partial charge in [0.2, 0.25) is 0 Å². The average molecular weight is 137 g/mol. The Morgan fingerprint density at radius 2 is 1.90 bits per heavy atom. The SMILES string of the molecule is C\C=C/C(C)=C\C(N)=C\C. The van der Waals surface area contributed by atoms with Crippen molar-refractivity contribution in [1.29, 1.82) is 0 Å². The van der Waals surface area contributed by atoms with Crippen molar-refractivity contribution in [3.05, 3.63) is 35.6 Å². The minimum Gasteiger partial charge on any atom is -0.399 e. The van der Waals surface area contributed by atoms with Crippen LogP contribution in [0.2, 0.25) is 0 Å². The van der Waals surface area contributed by atoms with Gasteiger partial charge in [0, 0.05) is 5.70 Å². The summed E-state index contributed by atoms with van der Waals surface area (Å²) in [6.45, 7) is 5.94. The molecule has 0 fully saturated rings. The number of hydrogen-bond donors (Lipinski definition) is 1. The molecule has 0 aliphatic carbocycles. The third kappa shape index (κ3) is 3.96. The second-order valence-electron chi connectivity index (χ2n) is 2.18. The molecule has 0 aliphatic rings. The lowest BCUT2D eigenvalue weighted by atomic mass is 10.2. The fraction of sp³-hybridized carbons (Fsp3) is 0.333. The van der Waals surface area contributed by atoms with Gasteiger partial charge in [-0.25, -0.2) is 0 Å². The topological polar surface area (TPSA) is 26.0 Å². The lowest BCUT2D eigenvalue weighted by Crippen LogP contribution is -1.91. The van der Waals surface area contributed by atoms with Gasteiger partial charge in [-0.05, 0) is 32.4 Å². The van der Waals surface area contributed by atoms with Crippen LogP contribution in [0, 0.1) is 0 Å². The number of nitrogens with two attached hydrogens (primary N) is 1. The molecule has 1 nitrogen and oxygen atoms in total. The second kappa shape index (κ2) is 4.86. The van der Waals surface area contributed by atoms with Gasteiger partial charge in [-0.3, -0.25) is 0 Å². The highest BCUT2D eigenvalue weighted by atomic mass is 14.5. The van der Waals surface area contributed by atoms with Crippen LogP contribution in [0.3, 0.4) is 0 Å². The summed E-state index contributed by atoms with van der Waals surface area (Å²) < 4.78 is 0. The lowest BCUT2D eigenvalue weighted by molar-refractivity contribution is 1.35. The summed E-state index contributed by atoms with van der Waals surface area (Å²) in [5.74, 6) is 0. The molecule has 0 aromatic carbocycles.